The van der Waals surface area contributed by atoms with Gasteiger partial charge in [0.2, 0.25) is 5.82 Å². The van der Waals surface area contributed by atoms with Crippen LogP contribution in [0.4, 0.5) is 10.6 Å². The van der Waals surface area contributed by atoms with Gasteiger partial charge in [-0.15, -0.1) is 0 Å². The Bertz CT molecular complexity index is 1320. The molecule has 0 spiro atoms. The van der Waals surface area contributed by atoms with E-state index in [-0.39, 0.29) is 34.8 Å². The van der Waals surface area contributed by atoms with Crippen LogP contribution in [0.25, 0.3) is 11.2 Å². The molecule has 5 rings (SSSR count). The first-order valence-corrected chi connectivity index (χ1v) is 13.7. The lowest BCUT2D eigenvalue weighted by Crippen LogP contribution is -2.43. The number of carbonyl (C=O) groups is 2. The van der Waals surface area contributed by atoms with Gasteiger partial charge in [0, 0.05) is 25.6 Å². The van der Waals surface area contributed by atoms with E-state index in [4.69, 9.17) is 15.2 Å². The number of aliphatic hydroxyl groups is 2. The van der Waals surface area contributed by atoms with Crippen molar-refractivity contribution in [1.29, 1.82) is 0 Å². The molecule has 3 aliphatic rings. The van der Waals surface area contributed by atoms with Crippen molar-refractivity contribution in [2.24, 2.45) is 11.3 Å². The smallest absolute Gasteiger partial charge is 0.409 e. The van der Waals surface area contributed by atoms with Crippen LogP contribution in [0, 0.1) is 23.2 Å². The topological polar surface area (TPSA) is 178 Å². The number of aromatic nitrogens is 4. The fourth-order valence-corrected chi connectivity index (χ4v) is 4.76. The van der Waals surface area contributed by atoms with E-state index in [1.807, 2.05) is 20.8 Å². The van der Waals surface area contributed by atoms with Gasteiger partial charge in [-0.1, -0.05) is 26.7 Å². The normalized spacial score (nSPS) is 25.5. The third kappa shape index (κ3) is 6.29. The number of likely N-dealkylation sites (tertiary alicyclic amines) is 1. The van der Waals surface area contributed by atoms with E-state index in [1.54, 1.807) is 4.90 Å². The largest absolute Gasteiger partial charge is 0.449 e. The van der Waals surface area contributed by atoms with E-state index in [0.29, 0.717) is 37.6 Å². The van der Waals surface area contributed by atoms with Gasteiger partial charge in [0.15, 0.2) is 23.8 Å². The second-order valence-corrected chi connectivity index (χ2v) is 12.0. The molecule has 0 bridgehead atoms. The summed E-state index contributed by atoms with van der Waals surface area (Å²) in [6, 6.07) is 0.0877. The van der Waals surface area contributed by atoms with E-state index in [9.17, 15) is 19.8 Å². The predicted octanol–water partition coefficient (Wildman–Crippen LogP) is 0.943. The van der Waals surface area contributed by atoms with Gasteiger partial charge in [-0.25, -0.2) is 19.7 Å². The van der Waals surface area contributed by atoms with E-state index in [2.05, 4.69) is 32.1 Å². The van der Waals surface area contributed by atoms with Crippen LogP contribution in [0.3, 0.4) is 0 Å². The van der Waals surface area contributed by atoms with Gasteiger partial charge < -0.3 is 35.6 Å². The minimum atomic E-state index is -1.41. The molecule has 4 heterocycles. The van der Waals surface area contributed by atoms with Crippen molar-refractivity contribution < 1.29 is 29.3 Å². The molecule has 2 amide bonds. The molecule has 5 N–H and O–H groups in total. The predicted molar refractivity (Wildman–Crippen MR) is 143 cm³/mol. The number of hydrogen-bond donors (Lipinski definition) is 4. The molecule has 13 heteroatoms. The maximum absolute atomic E-state index is 12.5. The lowest BCUT2D eigenvalue weighted by atomic mass is 9.94. The van der Waals surface area contributed by atoms with Crippen LogP contribution >= 0.6 is 0 Å². The number of rotatable bonds is 5. The second-order valence-electron chi connectivity index (χ2n) is 12.0. The van der Waals surface area contributed by atoms with Crippen molar-refractivity contribution >= 4 is 29.0 Å². The monoisotopic (exact) mass is 555 g/mol. The fourth-order valence-electron chi connectivity index (χ4n) is 4.76. The zero-order valence-electron chi connectivity index (χ0n) is 23.0. The molecule has 2 aromatic rings. The first kappa shape index (κ1) is 28.1. The lowest BCUT2D eigenvalue weighted by molar-refractivity contribution is -0.137. The van der Waals surface area contributed by atoms with Crippen molar-refractivity contribution in [1.82, 2.24) is 29.7 Å². The van der Waals surface area contributed by atoms with Crippen molar-refractivity contribution in [2.75, 3.05) is 25.4 Å². The molecule has 1 aliphatic carbocycles. The average Bonchev–Trinajstić information content (AvgIpc) is 3.54. The lowest BCUT2D eigenvalue weighted by Gasteiger charge is -2.31. The van der Waals surface area contributed by atoms with E-state index >= 15 is 0 Å². The van der Waals surface area contributed by atoms with Gasteiger partial charge in [0.25, 0.3) is 5.91 Å². The zero-order valence-corrected chi connectivity index (χ0v) is 23.0. The molecule has 3 fully saturated rings. The molecule has 0 radical (unpaired) electrons. The molecule has 1 saturated carbocycles. The van der Waals surface area contributed by atoms with Gasteiger partial charge in [-0.3, -0.25) is 9.36 Å². The first-order valence-electron chi connectivity index (χ1n) is 13.7. The molecule has 40 heavy (non-hydrogen) atoms. The highest BCUT2D eigenvalue weighted by Gasteiger charge is 2.48. The maximum Gasteiger partial charge on any atom is 0.409 e. The number of aliphatic hydroxyl groups excluding tert-OH is 2. The third-order valence-electron chi connectivity index (χ3n) is 7.24. The Hall–Kier alpha value is -3.47. The number of amides is 2. The summed E-state index contributed by atoms with van der Waals surface area (Å²) in [6.07, 6.45) is 0.0401. The number of nitrogens with two attached hydrogens (primary N) is 1. The van der Waals surface area contributed by atoms with Crippen LogP contribution in [0.1, 0.15) is 64.9 Å². The third-order valence-corrected chi connectivity index (χ3v) is 7.24. The second kappa shape index (κ2) is 11.2. The van der Waals surface area contributed by atoms with Crippen LogP contribution < -0.4 is 11.1 Å². The Morgan fingerprint density at radius 3 is 2.58 bits per heavy atom. The summed E-state index contributed by atoms with van der Waals surface area (Å²) in [5.74, 6) is 6.26. The number of nitrogens with one attached hydrogen (secondary N) is 1. The summed E-state index contributed by atoms with van der Waals surface area (Å²) in [7, 11) is 0. The number of imidazole rings is 1. The van der Waals surface area contributed by atoms with Crippen LogP contribution in [0.5, 0.6) is 0 Å². The number of piperidine rings is 1. The molecule has 0 unspecified atom stereocenters. The average molecular weight is 556 g/mol. The molecule has 216 valence electrons. The molecular formula is C27H37N7O6. The van der Waals surface area contributed by atoms with Gasteiger partial charge in [0.1, 0.15) is 17.7 Å². The summed E-state index contributed by atoms with van der Waals surface area (Å²) in [6.45, 7) is 7.70. The molecule has 13 nitrogen and oxygen atoms in total. The highest BCUT2D eigenvalue weighted by molar-refractivity contribution is 5.83. The molecule has 2 aromatic heterocycles. The molecule has 2 saturated heterocycles. The van der Waals surface area contributed by atoms with Gasteiger partial charge in [0.05, 0.1) is 12.9 Å². The highest BCUT2D eigenvalue weighted by atomic mass is 16.6. The van der Waals surface area contributed by atoms with Crippen LogP contribution in [-0.2, 0) is 14.3 Å². The van der Waals surface area contributed by atoms with Crippen molar-refractivity contribution in [2.45, 2.75) is 83.5 Å². The molecular weight excluding hydrogens is 518 g/mol. The number of nitrogens with zero attached hydrogens (tertiary/aromatic N) is 5. The summed E-state index contributed by atoms with van der Waals surface area (Å²) >= 11 is 0. The number of fused-ring (bicyclic) bond motifs is 1. The Balaban J connectivity index is 1.22. The van der Waals surface area contributed by atoms with Gasteiger partial charge in [-0.05, 0) is 42.9 Å². The number of hydrogen-bond acceptors (Lipinski definition) is 10. The van der Waals surface area contributed by atoms with E-state index in [1.165, 1.54) is 10.9 Å². The number of ether oxygens (including phenoxy) is 2. The maximum atomic E-state index is 12.5. The minimum Gasteiger partial charge on any atom is -0.449 e. The summed E-state index contributed by atoms with van der Waals surface area (Å²) in [5, 5.41) is 23.9. The van der Waals surface area contributed by atoms with Crippen molar-refractivity contribution in [3.63, 3.8) is 0 Å². The Morgan fingerprint density at radius 1 is 1.18 bits per heavy atom. The van der Waals surface area contributed by atoms with Crippen LogP contribution in [-0.4, -0.2) is 90.7 Å². The SMILES string of the molecule is CC(C)(C)COC(=O)N1CCC(CC#Cc2nc(N)c3ncn([C@@H]4O[C@H](C(=O)NC5CC5)[C@@H](O)[C@H]4O)c3n2)CC1. The minimum absolute atomic E-state index is 0.0740. The van der Waals surface area contributed by atoms with Gasteiger partial charge in [-0.2, -0.15) is 0 Å². The van der Waals surface area contributed by atoms with Crippen LogP contribution in [0.15, 0.2) is 6.33 Å². The summed E-state index contributed by atoms with van der Waals surface area (Å²) in [5.41, 5.74) is 6.62. The van der Waals surface area contributed by atoms with Crippen molar-refractivity contribution in [3.8, 4) is 11.8 Å². The molecule has 0 aromatic carbocycles. The fraction of sp³-hybridized carbons (Fsp3) is 0.667. The number of nitrogen functional groups attached to an aromatic ring is 1. The van der Waals surface area contributed by atoms with E-state index in [0.717, 1.165) is 25.7 Å². The van der Waals surface area contributed by atoms with E-state index < -0.39 is 30.4 Å². The first-order chi connectivity index (χ1) is 19.0. The van der Waals surface area contributed by atoms with Crippen LogP contribution in [0.2, 0.25) is 0 Å². The summed E-state index contributed by atoms with van der Waals surface area (Å²) < 4.78 is 12.6. The Kier molecular flexibility index (Phi) is 7.85. The number of anilines is 1. The number of carbonyl (C=O) groups excluding carboxylic acids is 2. The molecule has 4 atom stereocenters. The Morgan fingerprint density at radius 2 is 1.90 bits per heavy atom. The Labute approximate surface area is 232 Å². The standard InChI is InChI=1S/C27H37N7O6/c1-27(2,3)13-39-26(38)33-11-9-15(10-12-33)5-4-6-17-31-22(28)18-23(32-17)34(14-29-18)25-20(36)19(35)21(40-25)24(37)30-16-7-8-16/h14-16,19-21,25,35-36H,5,7-13H2,1-3H3,(H,30,37)(H2,28,31,32)/t19-,20+,21-,25+/m0/s1. The molecule has 2 aliphatic heterocycles. The van der Waals surface area contributed by atoms with Gasteiger partial charge >= 0.3 is 6.09 Å². The zero-order chi connectivity index (χ0) is 28.6. The highest BCUT2D eigenvalue weighted by Crippen LogP contribution is 2.33. The van der Waals surface area contributed by atoms with Crippen molar-refractivity contribution in [3.05, 3.63) is 12.2 Å². The summed E-state index contributed by atoms with van der Waals surface area (Å²) in [4.78, 5) is 39.5. The quantitative estimate of drug-likeness (QED) is 0.388.